The number of amides is 1. The van der Waals surface area contributed by atoms with Crippen LogP contribution in [0.25, 0.3) is 0 Å². The Bertz CT molecular complexity index is 590. The van der Waals surface area contributed by atoms with Gasteiger partial charge in [0.15, 0.2) is 0 Å². The molecule has 0 atom stereocenters. The van der Waals surface area contributed by atoms with Crippen LogP contribution in [0.1, 0.15) is 26.6 Å². The molecule has 0 bridgehead atoms. The van der Waals surface area contributed by atoms with Crippen molar-refractivity contribution in [2.75, 3.05) is 6.61 Å². The van der Waals surface area contributed by atoms with E-state index in [4.69, 9.17) is 10.6 Å². The van der Waals surface area contributed by atoms with Gasteiger partial charge in [0.05, 0.1) is 11.6 Å². The number of nitrogens with two attached hydrogens (primary N) is 1. The Hall–Kier alpha value is -1.92. The molecule has 0 saturated carbocycles. The summed E-state index contributed by atoms with van der Waals surface area (Å²) in [7, 11) is 0. The molecule has 20 heavy (non-hydrogen) atoms. The summed E-state index contributed by atoms with van der Waals surface area (Å²) in [4.78, 5) is 15.5. The minimum atomic E-state index is -0.372. The first-order chi connectivity index (χ1) is 9.61. The molecule has 0 fully saturated rings. The molecule has 0 saturated heterocycles. The Morgan fingerprint density at radius 2 is 2.10 bits per heavy atom. The molecule has 5 nitrogen and oxygen atoms in total. The van der Waals surface area contributed by atoms with E-state index in [1.807, 2.05) is 32.0 Å². The molecule has 1 heterocycles. The van der Waals surface area contributed by atoms with Crippen molar-refractivity contribution < 1.29 is 9.53 Å². The molecule has 0 unspecified atom stereocenters. The van der Waals surface area contributed by atoms with Gasteiger partial charge in [0.2, 0.25) is 0 Å². The molecule has 1 aromatic heterocycles. The van der Waals surface area contributed by atoms with E-state index in [0.717, 1.165) is 21.9 Å². The van der Waals surface area contributed by atoms with Crippen LogP contribution in [0.5, 0.6) is 5.75 Å². The third-order valence-corrected chi connectivity index (χ3v) is 3.80. The lowest BCUT2D eigenvalue weighted by Crippen LogP contribution is -2.30. The lowest BCUT2D eigenvalue weighted by atomic mass is 10.1. The molecule has 3 N–H and O–H groups in total. The quantitative estimate of drug-likeness (QED) is 0.502. The number of hydrazine groups is 1. The van der Waals surface area contributed by atoms with Crippen LogP contribution < -0.4 is 16.0 Å². The fraction of sp³-hybridized carbons (Fsp3) is 0.286. The fourth-order valence-corrected chi connectivity index (χ4v) is 2.63. The molecule has 0 aliphatic rings. The number of nitrogen functional groups attached to an aromatic ring is 1. The molecule has 106 valence electrons. The van der Waals surface area contributed by atoms with Gasteiger partial charge in [0.25, 0.3) is 5.91 Å². The number of aryl methyl sites for hydroxylation is 2. The number of nitrogens with one attached hydrogen (secondary N) is 1. The van der Waals surface area contributed by atoms with E-state index in [-0.39, 0.29) is 5.91 Å². The Morgan fingerprint density at radius 1 is 1.40 bits per heavy atom. The van der Waals surface area contributed by atoms with Crippen molar-refractivity contribution >= 4 is 17.2 Å². The molecular weight excluding hydrogens is 274 g/mol. The van der Waals surface area contributed by atoms with Crippen molar-refractivity contribution in [3.63, 3.8) is 0 Å². The van der Waals surface area contributed by atoms with Gasteiger partial charge in [-0.3, -0.25) is 10.2 Å². The second-order valence-electron chi connectivity index (χ2n) is 4.42. The van der Waals surface area contributed by atoms with Crippen LogP contribution in [-0.2, 0) is 6.42 Å². The van der Waals surface area contributed by atoms with Gasteiger partial charge in [0.1, 0.15) is 11.4 Å². The molecule has 1 amide bonds. The van der Waals surface area contributed by atoms with Gasteiger partial charge < -0.3 is 4.74 Å². The topological polar surface area (TPSA) is 77.2 Å². The monoisotopic (exact) mass is 291 g/mol. The predicted molar refractivity (Wildman–Crippen MR) is 78.9 cm³/mol. The van der Waals surface area contributed by atoms with E-state index in [1.54, 1.807) is 5.38 Å². The number of nitrogens with zero attached hydrogens (tertiary/aromatic N) is 1. The Balaban J connectivity index is 1.93. The van der Waals surface area contributed by atoms with E-state index >= 15 is 0 Å². The van der Waals surface area contributed by atoms with Gasteiger partial charge in [-0.25, -0.2) is 10.8 Å². The van der Waals surface area contributed by atoms with Crippen LogP contribution in [0.15, 0.2) is 23.6 Å². The summed E-state index contributed by atoms with van der Waals surface area (Å²) >= 11 is 1.43. The van der Waals surface area contributed by atoms with Crippen molar-refractivity contribution in [1.82, 2.24) is 10.4 Å². The van der Waals surface area contributed by atoms with Gasteiger partial charge >= 0.3 is 0 Å². The third kappa shape index (κ3) is 3.34. The van der Waals surface area contributed by atoms with Crippen LogP contribution in [0.2, 0.25) is 0 Å². The van der Waals surface area contributed by atoms with Crippen LogP contribution in [-0.4, -0.2) is 17.5 Å². The minimum absolute atomic E-state index is 0.347. The number of hydrogen-bond acceptors (Lipinski definition) is 5. The molecule has 2 aromatic rings. The number of hydrogen-bond donors (Lipinski definition) is 2. The van der Waals surface area contributed by atoms with E-state index in [0.29, 0.717) is 18.7 Å². The summed E-state index contributed by atoms with van der Waals surface area (Å²) in [5.41, 5.74) is 4.65. The molecule has 2 rings (SSSR count). The summed E-state index contributed by atoms with van der Waals surface area (Å²) in [6, 6.07) is 6.06. The van der Waals surface area contributed by atoms with Crippen LogP contribution in [0, 0.1) is 13.8 Å². The van der Waals surface area contributed by atoms with Crippen LogP contribution in [0.3, 0.4) is 0 Å². The molecule has 0 aliphatic carbocycles. The number of rotatable bonds is 5. The maximum Gasteiger partial charge on any atom is 0.284 e. The summed E-state index contributed by atoms with van der Waals surface area (Å²) in [5, 5.41) is 2.55. The molecule has 0 radical (unpaired) electrons. The van der Waals surface area contributed by atoms with E-state index in [1.165, 1.54) is 11.3 Å². The highest BCUT2D eigenvalue weighted by Crippen LogP contribution is 2.22. The largest absolute Gasteiger partial charge is 0.493 e. The van der Waals surface area contributed by atoms with Crippen molar-refractivity contribution in [1.29, 1.82) is 0 Å². The SMILES string of the molecule is Cc1cccc(C)c1OCCc1nc(C(=O)NN)cs1. The molecule has 6 heteroatoms. The first kappa shape index (κ1) is 14.5. The van der Waals surface area contributed by atoms with Gasteiger partial charge in [-0.15, -0.1) is 11.3 Å². The second kappa shape index (κ2) is 6.49. The standard InChI is InChI=1S/C14H17N3O2S/c1-9-4-3-5-10(2)13(9)19-7-6-12-16-11(8-20-12)14(18)17-15/h3-5,8H,6-7,15H2,1-2H3,(H,17,18). The molecule has 0 aliphatic heterocycles. The highest BCUT2D eigenvalue weighted by atomic mass is 32.1. The number of thiazole rings is 1. The van der Waals surface area contributed by atoms with Crippen molar-refractivity contribution in [2.45, 2.75) is 20.3 Å². The lowest BCUT2D eigenvalue weighted by molar-refractivity contribution is 0.0949. The van der Waals surface area contributed by atoms with Gasteiger partial charge in [0, 0.05) is 11.8 Å². The zero-order chi connectivity index (χ0) is 14.5. The number of ether oxygens (including phenoxy) is 1. The summed E-state index contributed by atoms with van der Waals surface area (Å²) in [5.74, 6) is 5.61. The van der Waals surface area contributed by atoms with E-state index < -0.39 is 0 Å². The van der Waals surface area contributed by atoms with Gasteiger partial charge in [-0.05, 0) is 25.0 Å². The van der Waals surface area contributed by atoms with E-state index in [2.05, 4.69) is 10.4 Å². The molecule has 0 spiro atoms. The van der Waals surface area contributed by atoms with Gasteiger partial charge in [-0.1, -0.05) is 18.2 Å². The average Bonchev–Trinajstić information content (AvgIpc) is 2.90. The summed E-state index contributed by atoms with van der Waals surface area (Å²) < 4.78 is 5.81. The average molecular weight is 291 g/mol. The number of carbonyl (C=O) groups is 1. The smallest absolute Gasteiger partial charge is 0.284 e. The lowest BCUT2D eigenvalue weighted by Gasteiger charge is -2.10. The normalized spacial score (nSPS) is 10.3. The second-order valence-corrected chi connectivity index (χ2v) is 5.36. The summed E-state index contributed by atoms with van der Waals surface area (Å²) in [6.45, 7) is 4.58. The highest BCUT2D eigenvalue weighted by Gasteiger charge is 2.09. The van der Waals surface area contributed by atoms with Crippen LogP contribution >= 0.6 is 11.3 Å². The Labute approximate surface area is 121 Å². The maximum atomic E-state index is 11.3. The first-order valence-electron chi connectivity index (χ1n) is 6.26. The zero-order valence-corrected chi connectivity index (χ0v) is 12.3. The van der Waals surface area contributed by atoms with Crippen molar-refractivity contribution in [2.24, 2.45) is 5.84 Å². The highest BCUT2D eigenvalue weighted by molar-refractivity contribution is 7.09. The molecular formula is C14H17N3O2S. The number of aromatic nitrogens is 1. The number of carbonyl (C=O) groups excluding carboxylic acids is 1. The van der Waals surface area contributed by atoms with Crippen LogP contribution in [0.4, 0.5) is 0 Å². The van der Waals surface area contributed by atoms with Gasteiger partial charge in [-0.2, -0.15) is 0 Å². The predicted octanol–water partition coefficient (Wildman–Crippen LogP) is 1.98. The Kier molecular flexibility index (Phi) is 4.70. The van der Waals surface area contributed by atoms with Crippen molar-refractivity contribution in [3.05, 3.63) is 45.4 Å². The zero-order valence-electron chi connectivity index (χ0n) is 11.5. The minimum Gasteiger partial charge on any atom is -0.493 e. The number of para-hydroxylation sites is 1. The van der Waals surface area contributed by atoms with E-state index in [9.17, 15) is 4.79 Å². The fourth-order valence-electron chi connectivity index (χ4n) is 1.87. The number of benzene rings is 1. The molecule has 1 aromatic carbocycles. The summed E-state index contributed by atoms with van der Waals surface area (Å²) in [6.07, 6.45) is 0.663. The first-order valence-corrected chi connectivity index (χ1v) is 7.14. The third-order valence-electron chi connectivity index (χ3n) is 2.89. The van der Waals surface area contributed by atoms with Crippen molar-refractivity contribution in [3.8, 4) is 5.75 Å². The maximum absolute atomic E-state index is 11.3. The Morgan fingerprint density at radius 3 is 2.75 bits per heavy atom.